The lowest BCUT2D eigenvalue weighted by molar-refractivity contribution is 0.408. The van der Waals surface area contributed by atoms with E-state index in [1.54, 1.807) is 0 Å². The molecule has 0 fully saturated rings. The molecule has 2 heterocycles. The van der Waals surface area contributed by atoms with Gasteiger partial charge in [0.25, 0.3) is 0 Å². The molecule has 0 N–H and O–H groups in total. The molecule has 290 valence electrons. The molecule has 12 aromatic rings. The van der Waals surface area contributed by atoms with Crippen LogP contribution < -0.4 is 0 Å². The minimum Gasteiger partial charge on any atom is -0.309 e. The lowest BCUT2D eigenvalue weighted by Gasteiger charge is -2.52. The van der Waals surface area contributed by atoms with Crippen molar-refractivity contribution in [2.75, 3.05) is 0 Å². The first-order chi connectivity index (χ1) is 30.6. The lowest BCUT2D eigenvalue weighted by atomic mass is 9.49. The molecule has 10 aromatic carbocycles. The standard InChI is InChI=1S/C60H40N2/c1-37-17-15-24-44-55(61-51-29-11-5-20-40(51)41-21-6-12-30-52(41)61)35-33-49(57(37)44)60-47-27-10-4-19-39(47)38-18-3-9-26-46(38)59(60,2)48-28-16-25-45-56(36-34-50(60)58(45)48)62-53-31-13-7-22-42(53)43-23-8-14-32-54(43)62/h3-36H,1-2H3. The Kier molecular flexibility index (Phi) is 6.59. The van der Waals surface area contributed by atoms with Crippen molar-refractivity contribution >= 4 is 65.2 Å². The number of aryl methyl sites for hydroxylation is 1. The van der Waals surface area contributed by atoms with Gasteiger partial charge in [-0.25, -0.2) is 0 Å². The maximum absolute atomic E-state index is 2.56. The second-order valence-electron chi connectivity index (χ2n) is 17.7. The second kappa shape index (κ2) is 12.0. The van der Waals surface area contributed by atoms with Crippen molar-refractivity contribution in [1.82, 2.24) is 9.13 Å². The average Bonchev–Trinajstić information content (AvgIpc) is 3.92. The third-order valence-electron chi connectivity index (χ3n) is 15.1. The normalized spacial score (nSPS) is 17.6. The summed E-state index contributed by atoms with van der Waals surface area (Å²) < 4.78 is 5.01. The van der Waals surface area contributed by atoms with Gasteiger partial charge in [0.2, 0.25) is 0 Å². The topological polar surface area (TPSA) is 9.86 Å². The maximum Gasteiger partial charge on any atom is 0.0604 e. The average molecular weight is 789 g/mol. The van der Waals surface area contributed by atoms with E-state index >= 15 is 0 Å². The molecule has 14 rings (SSSR count). The SMILES string of the molecule is Cc1cccc2c(-n3c4ccccc4c4ccccc43)ccc(C34c5ccccc5-c5ccccc5C3(C)c3cccc5c(-n6c7ccccc7c7ccccc76)ccc4c35)c12. The highest BCUT2D eigenvalue weighted by atomic mass is 15.0. The molecule has 2 aliphatic rings. The Balaban J connectivity index is 1.16. The molecule has 0 bridgehead atoms. The van der Waals surface area contributed by atoms with E-state index in [1.165, 1.54) is 121 Å². The molecule has 2 aromatic heterocycles. The van der Waals surface area contributed by atoms with Crippen LogP contribution in [0.1, 0.15) is 40.3 Å². The maximum atomic E-state index is 2.56. The number of hydrogen-bond donors (Lipinski definition) is 0. The van der Waals surface area contributed by atoms with E-state index in [9.17, 15) is 0 Å². The molecular weight excluding hydrogens is 749 g/mol. The Morgan fingerprint density at radius 3 is 1.24 bits per heavy atom. The molecule has 2 unspecified atom stereocenters. The first-order valence-corrected chi connectivity index (χ1v) is 21.9. The van der Waals surface area contributed by atoms with Crippen LogP contribution in [0.4, 0.5) is 0 Å². The minimum absolute atomic E-state index is 0.469. The minimum atomic E-state index is -0.580. The molecule has 0 spiro atoms. The number of benzene rings is 10. The zero-order valence-corrected chi connectivity index (χ0v) is 34.5. The monoisotopic (exact) mass is 788 g/mol. The summed E-state index contributed by atoms with van der Waals surface area (Å²) in [5.74, 6) is 0. The van der Waals surface area contributed by atoms with Crippen LogP contribution in [0.5, 0.6) is 0 Å². The number of rotatable bonds is 3. The lowest BCUT2D eigenvalue weighted by Crippen LogP contribution is -2.49. The molecular formula is C60H40N2. The fourth-order valence-corrected chi connectivity index (χ4v) is 12.8. The summed E-state index contributed by atoms with van der Waals surface area (Å²) in [7, 11) is 0. The summed E-state index contributed by atoms with van der Waals surface area (Å²) in [6.45, 7) is 4.88. The van der Waals surface area contributed by atoms with Crippen LogP contribution in [-0.2, 0) is 10.8 Å². The van der Waals surface area contributed by atoms with Crippen molar-refractivity contribution in [1.29, 1.82) is 0 Å². The molecule has 0 amide bonds. The third-order valence-corrected chi connectivity index (χ3v) is 15.1. The molecule has 2 aliphatic carbocycles. The molecule has 62 heavy (non-hydrogen) atoms. The number of nitrogens with zero attached hydrogens (tertiary/aromatic N) is 2. The van der Waals surface area contributed by atoms with Crippen LogP contribution in [0, 0.1) is 6.92 Å². The zero-order chi connectivity index (χ0) is 40.9. The van der Waals surface area contributed by atoms with Gasteiger partial charge in [0.05, 0.1) is 38.9 Å². The number of aromatic nitrogens is 2. The molecule has 2 heteroatoms. The van der Waals surface area contributed by atoms with E-state index in [2.05, 4.69) is 229 Å². The van der Waals surface area contributed by atoms with E-state index in [4.69, 9.17) is 0 Å². The van der Waals surface area contributed by atoms with E-state index in [0.717, 1.165) is 0 Å². The van der Waals surface area contributed by atoms with Crippen molar-refractivity contribution in [2.24, 2.45) is 0 Å². The van der Waals surface area contributed by atoms with Crippen molar-refractivity contribution in [3.63, 3.8) is 0 Å². The predicted octanol–water partition coefficient (Wildman–Crippen LogP) is 15.1. The van der Waals surface area contributed by atoms with Gasteiger partial charge in [-0.3, -0.25) is 0 Å². The molecule has 0 saturated carbocycles. The van der Waals surface area contributed by atoms with Gasteiger partial charge in [0.1, 0.15) is 0 Å². The largest absolute Gasteiger partial charge is 0.309 e. The summed E-state index contributed by atoms with van der Waals surface area (Å²) >= 11 is 0. The molecule has 2 atom stereocenters. The molecule has 0 aliphatic heterocycles. The number of fused-ring (bicyclic) bond motifs is 15. The van der Waals surface area contributed by atoms with Crippen LogP contribution in [0.15, 0.2) is 206 Å². The van der Waals surface area contributed by atoms with E-state index in [0.29, 0.717) is 0 Å². The van der Waals surface area contributed by atoms with Gasteiger partial charge in [0, 0.05) is 37.7 Å². The van der Waals surface area contributed by atoms with Gasteiger partial charge >= 0.3 is 0 Å². The van der Waals surface area contributed by atoms with Crippen molar-refractivity contribution in [3.8, 4) is 22.5 Å². The van der Waals surface area contributed by atoms with E-state index in [-0.39, 0.29) is 0 Å². The third kappa shape index (κ3) is 3.93. The van der Waals surface area contributed by atoms with Gasteiger partial charge in [-0.2, -0.15) is 0 Å². The second-order valence-corrected chi connectivity index (χ2v) is 17.7. The summed E-state index contributed by atoms with van der Waals surface area (Å²) in [4.78, 5) is 0. The molecule has 0 saturated heterocycles. The summed E-state index contributed by atoms with van der Waals surface area (Å²) in [5.41, 5.74) is 17.0. The van der Waals surface area contributed by atoms with Gasteiger partial charge in [-0.05, 0) is 106 Å². The van der Waals surface area contributed by atoms with Crippen LogP contribution in [0.2, 0.25) is 0 Å². The van der Waals surface area contributed by atoms with Crippen LogP contribution in [0.3, 0.4) is 0 Å². The highest BCUT2D eigenvalue weighted by molar-refractivity contribution is 6.14. The van der Waals surface area contributed by atoms with E-state index < -0.39 is 10.8 Å². The fourth-order valence-electron chi connectivity index (χ4n) is 12.8. The van der Waals surface area contributed by atoms with E-state index in [1.807, 2.05) is 0 Å². The van der Waals surface area contributed by atoms with Crippen LogP contribution >= 0.6 is 0 Å². The van der Waals surface area contributed by atoms with Gasteiger partial charge in [-0.1, -0.05) is 170 Å². The first kappa shape index (κ1) is 34.1. The Morgan fingerprint density at radius 1 is 0.306 bits per heavy atom. The Hall–Kier alpha value is -7.68. The number of hydrogen-bond acceptors (Lipinski definition) is 0. The van der Waals surface area contributed by atoms with Gasteiger partial charge < -0.3 is 9.13 Å². The van der Waals surface area contributed by atoms with Crippen LogP contribution in [0.25, 0.3) is 87.7 Å². The van der Waals surface area contributed by atoms with Crippen molar-refractivity contribution in [2.45, 2.75) is 24.7 Å². The smallest absolute Gasteiger partial charge is 0.0604 e. The molecule has 0 radical (unpaired) electrons. The highest BCUT2D eigenvalue weighted by Crippen LogP contribution is 2.69. The summed E-state index contributed by atoms with van der Waals surface area (Å²) in [6, 6.07) is 78.0. The van der Waals surface area contributed by atoms with Crippen LogP contribution in [-0.4, -0.2) is 9.13 Å². The summed E-state index contributed by atoms with van der Waals surface area (Å²) in [5, 5.41) is 10.3. The van der Waals surface area contributed by atoms with Crippen molar-refractivity contribution < 1.29 is 0 Å². The Bertz CT molecular complexity index is 3810. The highest BCUT2D eigenvalue weighted by Gasteiger charge is 2.62. The quantitative estimate of drug-likeness (QED) is 0.169. The molecule has 2 nitrogen and oxygen atoms in total. The Morgan fingerprint density at radius 2 is 0.694 bits per heavy atom. The fraction of sp³-hybridized carbons (Fsp3) is 0.0667. The summed E-state index contributed by atoms with van der Waals surface area (Å²) in [6.07, 6.45) is 0. The van der Waals surface area contributed by atoms with Gasteiger partial charge in [-0.15, -0.1) is 0 Å². The zero-order valence-electron chi connectivity index (χ0n) is 34.5. The predicted molar refractivity (Wildman–Crippen MR) is 260 cm³/mol. The Labute approximate surface area is 359 Å². The van der Waals surface area contributed by atoms with Crippen molar-refractivity contribution in [3.05, 3.63) is 240 Å². The first-order valence-electron chi connectivity index (χ1n) is 21.9. The van der Waals surface area contributed by atoms with Gasteiger partial charge in [0.15, 0.2) is 0 Å². The number of para-hydroxylation sites is 4.